The van der Waals surface area contributed by atoms with Crippen molar-refractivity contribution in [2.24, 2.45) is 5.11 Å². The molecular weight excluding hydrogens is 471 g/mol. The third-order valence-electron chi connectivity index (χ3n) is 4.85. The van der Waals surface area contributed by atoms with Gasteiger partial charge in [0.25, 0.3) is 5.56 Å². The summed E-state index contributed by atoms with van der Waals surface area (Å²) in [4.78, 5) is 40.2. The van der Waals surface area contributed by atoms with E-state index in [0.717, 1.165) is 10.6 Å². The Morgan fingerprint density at radius 2 is 2.12 bits per heavy atom. The number of methoxy groups -OCH3 is 1. The summed E-state index contributed by atoms with van der Waals surface area (Å²) in [5.41, 5.74) is 7.65. The van der Waals surface area contributed by atoms with Crippen LogP contribution in [0.3, 0.4) is 0 Å². The van der Waals surface area contributed by atoms with Crippen LogP contribution in [0.25, 0.3) is 10.4 Å². The van der Waals surface area contributed by atoms with Crippen molar-refractivity contribution < 1.29 is 27.9 Å². The van der Waals surface area contributed by atoms with Crippen molar-refractivity contribution in [3.63, 3.8) is 0 Å². The molecule has 1 aliphatic rings. The molecule has 1 aromatic heterocycles. The molecule has 2 aromatic rings. The molecule has 2 heterocycles. The Morgan fingerprint density at radius 1 is 1.38 bits per heavy atom. The highest BCUT2D eigenvalue weighted by Gasteiger charge is 2.39. The zero-order chi connectivity index (χ0) is 24.7. The van der Waals surface area contributed by atoms with E-state index in [0.29, 0.717) is 0 Å². The van der Waals surface area contributed by atoms with Gasteiger partial charge in [0.1, 0.15) is 18.0 Å². The van der Waals surface area contributed by atoms with Crippen LogP contribution in [0.15, 0.2) is 57.3 Å². The first-order valence-electron chi connectivity index (χ1n) is 10.1. The minimum absolute atomic E-state index is 0.0971. The maximum absolute atomic E-state index is 13.5. The van der Waals surface area contributed by atoms with E-state index in [1.165, 1.54) is 20.2 Å². The van der Waals surface area contributed by atoms with Crippen LogP contribution in [0.5, 0.6) is 5.75 Å². The number of H-pyrrole nitrogens is 1. The summed E-state index contributed by atoms with van der Waals surface area (Å²) < 4.78 is 36.1. The molecule has 0 amide bonds. The fourth-order valence-electron chi connectivity index (χ4n) is 3.23. The fourth-order valence-corrected chi connectivity index (χ4v) is 4.73. The standard InChI is InChI=1S/C19H23N6O8P/c1-12(18(27)30-2)23-34(29,33-13-6-4-3-5-7-13)31-11-15-14(22-24-20)10-17(32-15)25-9-8-16(26)21-19(25)28/h3-9,12,14-15,17H,10-11H2,1-2H3,(H,23,29)(H,21,26,28)/t12-,14-,15+,17+,34?/m0/s1. The van der Waals surface area contributed by atoms with Crippen LogP contribution in [0, 0.1) is 0 Å². The van der Waals surface area contributed by atoms with Gasteiger partial charge in [-0.05, 0) is 24.6 Å². The normalized spacial score (nSPS) is 22.2. The molecule has 182 valence electrons. The van der Waals surface area contributed by atoms with Crippen molar-refractivity contribution in [3.05, 3.63) is 73.9 Å². The van der Waals surface area contributed by atoms with Crippen molar-refractivity contribution in [1.82, 2.24) is 14.6 Å². The Balaban J connectivity index is 1.79. The molecule has 14 nitrogen and oxygen atoms in total. The van der Waals surface area contributed by atoms with E-state index < -0.39 is 49.4 Å². The van der Waals surface area contributed by atoms with Gasteiger partial charge in [0.2, 0.25) is 0 Å². The molecule has 34 heavy (non-hydrogen) atoms. The first kappa shape index (κ1) is 25.2. The maximum Gasteiger partial charge on any atom is 0.459 e. The van der Waals surface area contributed by atoms with E-state index >= 15 is 0 Å². The monoisotopic (exact) mass is 494 g/mol. The summed E-state index contributed by atoms with van der Waals surface area (Å²) in [7, 11) is -2.97. The number of hydrogen-bond acceptors (Lipinski definition) is 9. The lowest BCUT2D eigenvalue weighted by molar-refractivity contribution is -0.142. The molecular formula is C19H23N6O8P. The van der Waals surface area contributed by atoms with E-state index in [9.17, 15) is 18.9 Å². The number of azide groups is 1. The Labute approximate surface area is 193 Å². The number of benzene rings is 1. The summed E-state index contributed by atoms with van der Waals surface area (Å²) in [5, 5.41) is 6.18. The topological polar surface area (TPSA) is 187 Å². The minimum atomic E-state index is -4.15. The highest BCUT2D eigenvalue weighted by Crippen LogP contribution is 2.46. The van der Waals surface area contributed by atoms with Crippen molar-refractivity contribution in [2.75, 3.05) is 13.7 Å². The second-order valence-corrected chi connectivity index (χ2v) is 8.92. The second-order valence-electron chi connectivity index (χ2n) is 7.23. The number of para-hydroxylation sites is 1. The summed E-state index contributed by atoms with van der Waals surface area (Å²) in [6.45, 7) is 1.05. The summed E-state index contributed by atoms with van der Waals surface area (Å²) >= 11 is 0. The van der Waals surface area contributed by atoms with Gasteiger partial charge in [-0.3, -0.25) is 23.7 Å². The minimum Gasteiger partial charge on any atom is -0.468 e. The Hall–Kier alpha value is -3.41. The smallest absolute Gasteiger partial charge is 0.459 e. The van der Waals surface area contributed by atoms with Gasteiger partial charge in [0, 0.05) is 23.6 Å². The number of aromatic nitrogens is 2. The molecule has 1 aromatic carbocycles. The number of hydrogen-bond donors (Lipinski definition) is 2. The Morgan fingerprint density at radius 3 is 2.76 bits per heavy atom. The van der Waals surface area contributed by atoms with Gasteiger partial charge in [-0.25, -0.2) is 9.36 Å². The van der Waals surface area contributed by atoms with E-state index in [-0.39, 0.29) is 18.8 Å². The Bertz CT molecular complexity index is 1210. The highest BCUT2D eigenvalue weighted by atomic mass is 31.2. The summed E-state index contributed by atoms with van der Waals surface area (Å²) in [6.07, 6.45) is -0.432. The number of carbonyl (C=O) groups excluding carboxylic acids is 1. The number of rotatable bonds is 10. The van der Waals surface area contributed by atoms with Crippen LogP contribution in [0.4, 0.5) is 0 Å². The average molecular weight is 494 g/mol. The van der Waals surface area contributed by atoms with Crippen LogP contribution < -0.4 is 20.9 Å². The lowest BCUT2D eigenvalue weighted by atomic mass is 10.1. The molecule has 3 rings (SSSR count). The van der Waals surface area contributed by atoms with Crippen molar-refractivity contribution in [1.29, 1.82) is 0 Å². The van der Waals surface area contributed by atoms with Crippen LogP contribution in [0.1, 0.15) is 19.6 Å². The maximum atomic E-state index is 13.5. The summed E-state index contributed by atoms with van der Waals surface area (Å²) in [5.74, 6) is -0.478. The molecule has 0 spiro atoms. The van der Waals surface area contributed by atoms with Gasteiger partial charge in [0.05, 0.1) is 25.9 Å². The lowest BCUT2D eigenvalue weighted by Crippen LogP contribution is -2.36. The number of nitrogens with zero attached hydrogens (tertiary/aromatic N) is 4. The summed E-state index contributed by atoms with van der Waals surface area (Å²) in [6, 6.07) is 7.49. The Kier molecular flexibility index (Phi) is 8.26. The molecule has 0 saturated carbocycles. The average Bonchev–Trinajstić information content (AvgIpc) is 3.20. The van der Waals surface area contributed by atoms with E-state index in [4.69, 9.17) is 19.3 Å². The molecule has 0 radical (unpaired) electrons. The van der Waals surface area contributed by atoms with Crippen molar-refractivity contribution in [3.8, 4) is 5.75 Å². The highest BCUT2D eigenvalue weighted by molar-refractivity contribution is 7.52. The number of carbonyl (C=O) groups is 1. The molecule has 1 unspecified atom stereocenters. The predicted octanol–water partition coefficient (Wildman–Crippen LogP) is 1.86. The van der Waals surface area contributed by atoms with E-state index in [1.807, 2.05) is 0 Å². The van der Waals surface area contributed by atoms with E-state index in [1.54, 1.807) is 30.3 Å². The zero-order valence-corrected chi connectivity index (χ0v) is 19.2. The third kappa shape index (κ3) is 6.34. The number of esters is 1. The van der Waals surface area contributed by atoms with Crippen molar-refractivity contribution >= 4 is 13.7 Å². The van der Waals surface area contributed by atoms with Gasteiger partial charge in [-0.1, -0.05) is 23.3 Å². The molecule has 1 saturated heterocycles. The molecule has 0 aliphatic carbocycles. The van der Waals surface area contributed by atoms with Gasteiger partial charge < -0.3 is 14.0 Å². The molecule has 1 aliphatic heterocycles. The predicted molar refractivity (Wildman–Crippen MR) is 118 cm³/mol. The fraction of sp³-hybridized carbons (Fsp3) is 0.421. The first-order chi connectivity index (χ1) is 16.2. The molecule has 5 atom stereocenters. The van der Waals surface area contributed by atoms with Crippen molar-refractivity contribution in [2.45, 2.75) is 37.8 Å². The zero-order valence-electron chi connectivity index (χ0n) is 18.3. The SMILES string of the molecule is COC(=O)[C@H](C)NP(=O)(OC[C@H]1O[C@@H](n2ccc(=O)[nH]c2=O)C[C@@H]1N=[N+]=[N-])Oc1ccccc1. The number of nitrogens with one attached hydrogen (secondary N) is 2. The molecule has 0 bridgehead atoms. The van der Waals surface area contributed by atoms with Gasteiger partial charge in [-0.2, -0.15) is 5.09 Å². The quantitative estimate of drug-likeness (QED) is 0.163. The van der Waals surface area contributed by atoms with Crippen LogP contribution in [-0.4, -0.2) is 47.4 Å². The van der Waals surface area contributed by atoms with E-state index in [2.05, 4.69) is 24.8 Å². The van der Waals surface area contributed by atoms with Crippen LogP contribution in [-0.2, 0) is 23.4 Å². The largest absolute Gasteiger partial charge is 0.468 e. The number of ether oxygens (including phenoxy) is 2. The van der Waals surface area contributed by atoms with Crippen LogP contribution >= 0.6 is 7.75 Å². The van der Waals surface area contributed by atoms with Crippen LogP contribution in [0.2, 0.25) is 0 Å². The molecule has 15 heteroatoms. The number of aromatic amines is 1. The lowest BCUT2D eigenvalue weighted by Gasteiger charge is -2.24. The van der Waals surface area contributed by atoms with Gasteiger partial charge >= 0.3 is 19.4 Å². The van der Waals surface area contributed by atoms with Gasteiger partial charge in [0.15, 0.2) is 0 Å². The van der Waals surface area contributed by atoms with Gasteiger partial charge in [-0.15, -0.1) is 0 Å². The molecule has 1 fully saturated rings. The molecule has 2 N–H and O–H groups in total. The third-order valence-corrected chi connectivity index (χ3v) is 6.49. The first-order valence-corrected chi connectivity index (χ1v) is 11.6. The second kappa shape index (κ2) is 11.1.